The number of hydrogen-bond acceptors (Lipinski definition) is 3. The Kier molecular flexibility index (Phi) is 2.41. The van der Waals surface area contributed by atoms with Crippen molar-refractivity contribution in [2.45, 2.75) is 0 Å². The molecule has 0 unspecified atom stereocenters. The molecule has 2 rings (SSSR count). The zero-order valence-corrected chi connectivity index (χ0v) is 7.83. The molecular weight excluding hydrogens is 192 g/mol. The van der Waals surface area contributed by atoms with Crippen molar-refractivity contribution in [1.82, 2.24) is 9.55 Å². The van der Waals surface area contributed by atoms with Crippen molar-refractivity contribution < 1.29 is 9.59 Å². The smallest absolute Gasteiger partial charge is 0.262 e. The zero-order chi connectivity index (χ0) is 10.7. The molecule has 0 N–H and O–H groups in total. The van der Waals surface area contributed by atoms with E-state index in [1.807, 2.05) is 0 Å². The van der Waals surface area contributed by atoms with Crippen LogP contribution in [-0.2, 0) is 0 Å². The van der Waals surface area contributed by atoms with Gasteiger partial charge in [-0.1, -0.05) is 0 Å². The van der Waals surface area contributed by atoms with Gasteiger partial charge in [-0.3, -0.25) is 19.1 Å². The largest absolute Gasteiger partial charge is 0.296 e. The molecule has 0 fully saturated rings. The van der Waals surface area contributed by atoms with Gasteiger partial charge < -0.3 is 0 Å². The molecule has 0 saturated heterocycles. The number of pyridine rings is 1. The summed E-state index contributed by atoms with van der Waals surface area (Å²) in [6.45, 7) is 0. The van der Waals surface area contributed by atoms with Gasteiger partial charge in [-0.2, -0.15) is 0 Å². The molecule has 4 nitrogen and oxygen atoms in total. The van der Waals surface area contributed by atoms with E-state index in [1.54, 1.807) is 30.5 Å². The minimum atomic E-state index is -0.232. The Morgan fingerprint density at radius 2 is 2.00 bits per heavy atom. The first-order chi connectivity index (χ1) is 7.33. The van der Waals surface area contributed by atoms with E-state index in [1.165, 1.54) is 17.0 Å². The molecule has 74 valence electrons. The van der Waals surface area contributed by atoms with E-state index < -0.39 is 0 Å². The highest BCUT2D eigenvalue weighted by molar-refractivity contribution is 5.98. The lowest BCUT2D eigenvalue weighted by Gasteiger charge is -2.02. The third-order valence-corrected chi connectivity index (χ3v) is 2.05. The molecule has 0 aliphatic carbocycles. The predicted molar refractivity (Wildman–Crippen MR) is 53.8 cm³/mol. The predicted octanol–water partition coefficient (Wildman–Crippen LogP) is 1.38. The Bertz CT molecular complexity index is 488. The molecule has 0 radical (unpaired) electrons. The summed E-state index contributed by atoms with van der Waals surface area (Å²) >= 11 is 0. The minimum absolute atomic E-state index is 0.232. The average molecular weight is 200 g/mol. The molecule has 0 saturated carbocycles. The molecule has 2 aromatic rings. The fourth-order valence-electron chi connectivity index (χ4n) is 1.31. The van der Waals surface area contributed by atoms with E-state index in [9.17, 15) is 9.59 Å². The highest BCUT2D eigenvalue weighted by Gasteiger charge is 2.10. The number of carbonyl (C=O) groups excluding carboxylic acids is 2. The van der Waals surface area contributed by atoms with Crippen molar-refractivity contribution in [2.24, 2.45) is 0 Å². The summed E-state index contributed by atoms with van der Waals surface area (Å²) in [6.07, 6.45) is 5.29. The van der Waals surface area contributed by atoms with Gasteiger partial charge in [0, 0.05) is 24.2 Å². The van der Waals surface area contributed by atoms with E-state index in [-0.39, 0.29) is 5.91 Å². The van der Waals surface area contributed by atoms with Crippen LogP contribution >= 0.6 is 0 Å². The highest BCUT2D eigenvalue weighted by Crippen LogP contribution is 2.05. The molecule has 0 bridgehead atoms. The Hall–Kier alpha value is -2.23. The van der Waals surface area contributed by atoms with Crippen molar-refractivity contribution in [2.75, 3.05) is 0 Å². The molecule has 2 heterocycles. The normalized spacial score (nSPS) is 9.87. The van der Waals surface area contributed by atoms with Gasteiger partial charge in [0.15, 0.2) is 6.29 Å². The van der Waals surface area contributed by atoms with Crippen LogP contribution in [0.3, 0.4) is 0 Å². The first kappa shape index (κ1) is 9.33. The second kappa shape index (κ2) is 3.88. The monoisotopic (exact) mass is 200 g/mol. The maximum atomic E-state index is 11.9. The summed E-state index contributed by atoms with van der Waals surface area (Å²) in [6, 6.07) is 6.46. The summed E-state index contributed by atoms with van der Waals surface area (Å²) in [7, 11) is 0. The number of rotatable bonds is 2. The maximum Gasteiger partial charge on any atom is 0.262 e. The highest BCUT2D eigenvalue weighted by atomic mass is 16.2. The van der Waals surface area contributed by atoms with Crippen molar-refractivity contribution in [3.05, 3.63) is 54.1 Å². The van der Waals surface area contributed by atoms with Gasteiger partial charge in [-0.25, -0.2) is 0 Å². The molecule has 0 atom stereocenters. The van der Waals surface area contributed by atoms with Crippen LogP contribution in [-0.4, -0.2) is 21.7 Å². The van der Waals surface area contributed by atoms with Crippen molar-refractivity contribution in [3.8, 4) is 0 Å². The fourth-order valence-corrected chi connectivity index (χ4v) is 1.31. The average Bonchev–Trinajstić information content (AvgIpc) is 2.77. The van der Waals surface area contributed by atoms with Crippen LogP contribution in [0.1, 0.15) is 20.8 Å². The third-order valence-electron chi connectivity index (χ3n) is 2.05. The summed E-state index contributed by atoms with van der Waals surface area (Å²) in [5.74, 6) is -0.232. The van der Waals surface area contributed by atoms with Crippen molar-refractivity contribution in [1.29, 1.82) is 0 Å². The van der Waals surface area contributed by atoms with Gasteiger partial charge in [0.25, 0.3) is 5.91 Å². The molecule has 0 spiro atoms. The van der Waals surface area contributed by atoms with Gasteiger partial charge in [0.05, 0.1) is 5.69 Å². The van der Waals surface area contributed by atoms with Crippen LogP contribution in [0.15, 0.2) is 42.9 Å². The Morgan fingerprint density at radius 1 is 1.27 bits per heavy atom. The Balaban J connectivity index is 2.41. The first-order valence-corrected chi connectivity index (χ1v) is 4.40. The maximum absolute atomic E-state index is 11.9. The number of nitrogens with zero attached hydrogens (tertiary/aromatic N) is 2. The number of aldehydes is 1. The van der Waals surface area contributed by atoms with Gasteiger partial charge in [-0.15, -0.1) is 0 Å². The van der Waals surface area contributed by atoms with E-state index in [4.69, 9.17) is 0 Å². The van der Waals surface area contributed by atoms with Gasteiger partial charge in [0.1, 0.15) is 0 Å². The topological polar surface area (TPSA) is 52.0 Å². The number of aromatic nitrogens is 2. The molecule has 15 heavy (non-hydrogen) atoms. The summed E-state index contributed by atoms with van der Waals surface area (Å²) in [5, 5.41) is 0. The lowest BCUT2D eigenvalue weighted by atomic mass is 10.2. The Labute approximate surface area is 86.2 Å². The first-order valence-electron chi connectivity index (χ1n) is 4.40. The van der Waals surface area contributed by atoms with Crippen LogP contribution < -0.4 is 0 Å². The number of hydrogen-bond donors (Lipinski definition) is 0. The summed E-state index contributed by atoms with van der Waals surface area (Å²) in [4.78, 5) is 26.3. The van der Waals surface area contributed by atoms with E-state index in [2.05, 4.69) is 4.98 Å². The second-order valence-electron chi connectivity index (χ2n) is 2.96. The zero-order valence-electron chi connectivity index (χ0n) is 7.83. The van der Waals surface area contributed by atoms with E-state index >= 15 is 0 Å². The van der Waals surface area contributed by atoms with Crippen molar-refractivity contribution >= 4 is 12.2 Å². The molecule has 2 aromatic heterocycles. The third kappa shape index (κ3) is 1.69. The molecule has 0 aliphatic heterocycles. The summed E-state index contributed by atoms with van der Waals surface area (Å²) in [5.41, 5.74) is 0.848. The van der Waals surface area contributed by atoms with E-state index in [0.717, 1.165) is 0 Å². The van der Waals surface area contributed by atoms with Crippen LogP contribution in [0.5, 0.6) is 0 Å². The molecule has 0 amide bonds. The standard InChI is InChI=1S/C11H8N2O2/c14-8-10-2-1-7-13(10)11(15)9-3-5-12-6-4-9/h1-8H. The van der Waals surface area contributed by atoms with Crippen LogP contribution in [0.4, 0.5) is 0 Å². The number of carbonyl (C=O) groups is 2. The van der Waals surface area contributed by atoms with Gasteiger partial charge in [-0.05, 0) is 24.3 Å². The van der Waals surface area contributed by atoms with Crippen LogP contribution in [0.25, 0.3) is 0 Å². The van der Waals surface area contributed by atoms with Gasteiger partial charge in [0.2, 0.25) is 0 Å². The van der Waals surface area contributed by atoms with Crippen molar-refractivity contribution in [3.63, 3.8) is 0 Å². The van der Waals surface area contributed by atoms with Crippen LogP contribution in [0.2, 0.25) is 0 Å². The minimum Gasteiger partial charge on any atom is -0.296 e. The molecule has 0 aliphatic rings. The Morgan fingerprint density at radius 3 is 2.67 bits per heavy atom. The SMILES string of the molecule is O=Cc1cccn1C(=O)c1ccncc1. The van der Waals surface area contributed by atoms with Gasteiger partial charge >= 0.3 is 0 Å². The lowest BCUT2D eigenvalue weighted by Crippen LogP contribution is -2.13. The lowest BCUT2D eigenvalue weighted by molar-refractivity contribution is 0.0947. The second-order valence-corrected chi connectivity index (χ2v) is 2.96. The molecular formula is C11H8N2O2. The van der Waals surface area contributed by atoms with E-state index in [0.29, 0.717) is 17.5 Å². The fraction of sp³-hybridized carbons (Fsp3) is 0. The van der Waals surface area contributed by atoms with Crippen LogP contribution in [0, 0.1) is 0 Å². The molecule has 4 heteroatoms. The summed E-state index contributed by atoms with van der Waals surface area (Å²) < 4.78 is 1.31. The quantitative estimate of drug-likeness (QED) is 0.688. The molecule has 0 aromatic carbocycles.